The van der Waals surface area contributed by atoms with Gasteiger partial charge in [0, 0.05) is 29.2 Å². The molecule has 146 valence electrons. The lowest BCUT2D eigenvalue weighted by molar-refractivity contribution is -0.151. The molecular weight excluding hydrogens is 370 g/mol. The zero-order valence-electron chi connectivity index (χ0n) is 15.4. The highest BCUT2D eigenvalue weighted by molar-refractivity contribution is 6.31. The van der Waals surface area contributed by atoms with Crippen LogP contribution < -0.4 is 10.7 Å². The Morgan fingerprint density at radius 3 is 2.78 bits per heavy atom. The number of unbranched alkanes of at least 4 members (excludes halogenated alkanes) is 1. The zero-order chi connectivity index (χ0) is 20.0. The van der Waals surface area contributed by atoms with Gasteiger partial charge < -0.3 is 9.88 Å². The summed E-state index contributed by atoms with van der Waals surface area (Å²) in [4.78, 5) is 36.3. The average molecular weight is 394 g/mol. The number of fused-ring (bicyclic) bond motifs is 1. The molecule has 0 spiro atoms. The molecule has 0 radical (unpaired) electrons. The summed E-state index contributed by atoms with van der Waals surface area (Å²) < 4.78 is 1.81. The van der Waals surface area contributed by atoms with Gasteiger partial charge in [-0.3, -0.25) is 19.6 Å². The minimum atomic E-state index is -0.538. The third-order valence-corrected chi connectivity index (χ3v) is 4.63. The van der Waals surface area contributed by atoms with E-state index in [-0.39, 0.29) is 18.5 Å². The quantitative estimate of drug-likeness (QED) is 0.389. The summed E-state index contributed by atoms with van der Waals surface area (Å²) in [5, 5.41) is 13.5. The summed E-state index contributed by atoms with van der Waals surface area (Å²) in [6, 6.07) is 4.54. The highest BCUT2D eigenvalue weighted by Gasteiger charge is 2.20. The Kier molecular flexibility index (Phi) is 7.38. The Labute approximate surface area is 162 Å². The van der Waals surface area contributed by atoms with Gasteiger partial charge in [0.1, 0.15) is 5.56 Å². The Hall–Kier alpha value is -2.38. The van der Waals surface area contributed by atoms with Gasteiger partial charge >= 0.3 is 0 Å². The normalized spacial score (nSPS) is 12.0. The first-order chi connectivity index (χ1) is 12.9. The van der Waals surface area contributed by atoms with E-state index in [0.29, 0.717) is 34.0 Å². The van der Waals surface area contributed by atoms with E-state index in [9.17, 15) is 19.6 Å². The molecule has 27 heavy (non-hydrogen) atoms. The van der Waals surface area contributed by atoms with E-state index in [1.54, 1.807) is 18.2 Å². The Morgan fingerprint density at radius 1 is 1.41 bits per heavy atom. The summed E-state index contributed by atoms with van der Waals surface area (Å²) in [6.45, 7) is 4.45. The van der Waals surface area contributed by atoms with E-state index in [1.165, 1.54) is 6.20 Å². The van der Waals surface area contributed by atoms with Crippen LogP contribution in [0, 0.1) is 0 Å². The van der Waals surface area contributed by atoms with Gasteiger partial charge in [0.05, 0.1) is 12.1 Å². The van der Waals surface area contributed by atoms with Gasteiger partial charge in [-0.1, -0.05) is 31.4 Å². The van der Waals surface area contributed by atoms with Gasteiger partial charge in [0.2, 0.25) is 11.8 Å². The molecule has 0 aliphatic heterocycles. The van der Waals surface area contributed by atoms with E-state index < -0.39 is 17.4 Å². The number of halogens is 1. The molecule has 1 heterocycles. The number of carbonyl (C=O) groups is 2. The van der Waals surface area contributed by atoms with Gasteiger partial charge in [-0.05, 0) is 31.5 Å². The van der Waals surface area contributed by atoms with Gasteiger partial charge in [0.15, 0.2) is 0 Å². The predicted molar refractivity (Wildman–Crippen MR) is 104 cm³/mol. The molecule has 1 aromatic carbocycles. The van der Waals surface area contributed by atoms with Crippen molar-refractivity contribution in [3.63, 3.8) is 0 Å². The smallest absolute Gasteiger partial charge is 0.257 e. The zero-order valence-corrected chi connectivity index (χ0v) is 16.2. The number of carbonyl (C=O) groups excluding carboxylic acids is 2. The van der Waals surface area contributed by atoms with Crippen molar-refractivity contribution >= 4 is 34.8 Å². The minimum Gasteiger partial charge on any atom is -0.347 e. The molecule has 0 aliphatic carbocycles. The van der Waals surface area contributed by atoms with Crippen molar-refractivity contribution in [1.29, 1.82) is 0 Å². The number of hydrogen-bond acceptors (Lipinski definition) is 4. The number of aromatic nitrogens is 1. The number of benzene rings is 1. The predicted octanol–water partition coefficient (Wildman–Crippen LogP) is 2.81. The van der Waals surface area contributed by atoms with Crippen molar-refractivity contribution in [2.45, 2.75) is 45.7 Å². The minimum absolute atomic E-state index is 0.00343. The Balaban J connectivity index is 2.38. The van der Waals surface area contributed by atoms with Crippen LogP contribution in [0.15, 0.2) is 29.2 Å². The second-order valence-electron chi connectivity index (χ2n) is 6.36. The molecule has 2 aromatic rings. The van der Waals surface area contributed by atoms with Crippen LogP contribution >= 0.6 is 11.6 Å². The number of hydrogen-bond donors (Lipinski definition) is 2. The van der Waals surface area contributed by atoms with Crippen LogP contribution in [0.1, 0.15) is 43.5 Å². The molecule has 7 nitrogen and oxygen atoms in total. The Morgan fingerprint density at radius 2 is 2.15 bits per heavy atom. The van der Waals surface area contributed by atoms with Crippen LogP contribution in [0.4, 0.5) is 0 Å². The SMILES string of the molecule is CCCC[C@H](CN(O)C=O)NC(=O)c1cn(CC)c2ccc(Cl)cc2c1=O. The molecule has 1 atom stereocenters. The maximum Gasteiger partial charge on any atom is 0.257 e. The fourth-order valence-electron chi connectivity index (χ4n) is 2.98. The molecule has 2 amide bonds. The number of nitrogens with zero attached hydrogens (tertiary/aromatic N) is 2. The van der Waals surface area contributed by atoms with Crippen molar-refractivity contribution in [3.8, 4) is 0 Å². The van der Waals surface area contributed by atoms with Crippen molar-refractivity contribution in [2.24, 2.45) is 0 Å². The van der Waals surface area contributed by atoms with Crippen LogP contribution in [0.3, 0.4) is 0 Å². The molecule has 0 fully saturated rings. The summed E-state index contributed by atoms with van der Waals surface area (Å²) in [7, 11) is 0. The number of amides is 2. The molecule has 2 N–H and O–H groups in total. The van der Waals surface area contributed by atoms with Crippen molar-refractivity contribution in [1.82, 2.24) is 14.9 Å². The van der Waals surface area contributed by atoms with E-state index in [0.717, 1.165) is 12.8 Å². The molecule has 0 aliphatic rings. The van der Waals surface area contributed by atoms with E-state index >= 15 is 0 Å². The van der Waals surface area contributed by atoms with Gasteiger partial charge in [-0.25, -0.2) is 5.06 Å². The molecule has 8 heteroatoms. The van der Waals surface area contributed by atoms with Gasteiger partial charge in [-0.15, -0.1) is 0 Å². The van der Waals surface area contributed by atoms with Crippen LogP contribution in [-0.4, -0.2) is 39.7 Å². The number of aryl methyl sites for hydroxylation is 1. The number of rotatable bonds is 9. The summed E-state index contributed by atoms with van der Waals surface area (Å²) in [5.74, 6) is -0.538. The monoisotopic (exact) mass is 393 g/mol. The molecule has 0 bridgehead atoms. The van der Waals surface area contributed by atoms with Crippen LogP contribution in [0.5, 0.6) is 0 Å². The molecule has 0 saturated carbocycles. The van der Waals surface area contributed by atoms with Crippen LogP contribution in [-0.2, 0) is 11.3 Å². The molecule has 1 aromatic heterocycles. The number of hydroxylamine groups is 2. The third-order valence-electron chi connectivity index (χ3n) is 4.40. The average Bonchev–Trinajstić information content (AvgIpc) is 2.66. The van der Waals surface area contributed by atoms with Crippen molar-refractivity contribution in [3.05, 3.63) is 45.2 Å². The topological polar surface area (TPSA) is 91.6 Å². The highest BCUT2D eigenvalue weighted by Crippen LogP contribution is 2.18. The van der Waals surface area contributed by atoms with Crippen LogP contribution in [0.2, 0.25) is 5.02 Å². The fraction of sp³-hybridized carbons (Fsp3) is 0.421. The van der Waals surface area contributed by atoms with E-state index in [4.69, 9.17) is 11.6 Å². The standard InChI is InChI=1S/C19H24ClN3O4/c1-3-5-6-14(10-23(27)12-24)21-19(26)16-11-22(4-2)17-8-7-13(20)9-15(17)18(16)25/h7-9,11-12,14,27H,3-6,10H2,1-2H3,(H,21,26)/t14-/m1/s1. The first-order valence-electron chi connectivity index (χ1n) is 8.95. The second-order valence-corrected chi connectivity index (χ2v) is 6.80. The second kappa shape index (κ2) is 9.53. The summed E-state index contributed by atoms with van der Waals surface area (Å²) in [6.07, 6.45) is 4.10. The lowest BCUT2D eigenvalue weighted by Gasteiger charge is -2.21. The van der Waals surface area contributed by atoms with E-state index in [1.807, 2.05) is 18.4 Å². The third kappa shape index (κ3) is 5.08. The summed E-state index contributed by atoms with van der Waals surface area (Å²) >= 11 is 6.02. The first kappa shape index (κ1) is 20.9. The largest absolute Gasteiger partial charge is 0.347 e. The maximum atomic E-state index is 12.8. The van der Waals surface area contributed by atoms with Crippen LogP contribution in [0.25, 0.3) is 10.9 Å². The van der Waals surface area contributed by atoms with Crippen molar-refractivity contribution < 1.29 is 14.8 Å². The Bertz CT molecular complexity index is 881. The molecule has 0 saturated heterocycles. The molecule has 0 unspecified atom stereocenters. The van der Waals surface area contributed by atoms with Crippen molar-refractivity contribution in [2.75, 3.05) is 6.54 Å². The van der Waals surface area contributed by atoms with Gasteiger partial charge in [0.25, 0.3) is 5.91 Å². The lowest BCUT2D eigenvalue weighted by atomic mass is 10.1. The number of nitrogens with one attached hydrogen (secondary N) is 1. The lowest BCUT2D eigenvalue weighted by Crippen LogP contribution is -2.44. The highest BCUT2D eigenvalue weighted by atomic mass is 35.5. The summed E-state index contributed by atoms with van der Waals surface area (Å²) in [5.41, 5.74) is 0.303. The van der Waals surface area contributed by atoms with Gasteiger partial charge in [-0.2, -0.15) is 0 Å². The number of pyridine rings is 1. The van der Waals surface area contributed by atoms with E-state index in [2.05, 4.69) is 5.32 Å². The molecular formula is C19H24ClN3O4. The fourth-order valence-corrected chi connectivity index (χ4v) is 3.16. The first-order valence-corrected chi connectivity index (χ1v) is 9.33. The maximum absolute atomic E-state index is 12.8. The molecule has 2 rings (SSSR count).